The fraction of sp³-hybridized carbons (Fsp3) is 0.412. The molecular formula is C17H20ClN3O3. The second kappa shape index (κ2) is 6.93. The molecule has 1 aliphatic heterocycles. The Morgan fingerprint density at radius 2 is 2.12 bits per heavy atom. The summed E-state index contributed by atoms with van der Waals surface area (Å²) in [4.78, 5) is 13.8. The molecule has 3 rings (SSSR count). The first kappa shape index (κ1) is 17.0. The standard InChI is InChI=1S/C17H20ClN3O3/c1-11-14(10-20-9-13(22)8-15(20)17(23)24-2)16(18)21(19-11)12-6-4-3-5-7-12/h3-7,13,15,22H,8-10H2,1-2H3/t13-,15+/m0/s1. The van der Waals surface area contributed by atoms with Crippen molar-refractivity contribution in [2.75, 3.05) is 13.7 Å². The summed E-state index contributed by atoms with van der Waals surface area (Å²) in [5, 5.41) is 14.9. The molecule has 0 unspecified atom stereocenters. The van der Waals surface area contributed by atoms with E-state index in [2.05, 4.69) is 5.10 Å². The number of esters is 1. The van der Waals surface area contributed by atoms with Gasteiger partial charge in [0.25, 0.3) is 0 Å². The molecule has 1 saturated heterocycles. The molecular weight excluding hydrogens is 330 g/mol. The van der Waals surface area contributed by atoms with Crippen LogP contribution in [0.2, 0.25) is 5.15 Å². The maximum absolute atomic E-state index is 11.9. The van der Waals surface area contributed by atoms with Gasteiger partial charge < -0.3 is 9.84 Å². The summed E-state index contributed by atoms with van der Waals surface area (Å²) in [5.74, 6) is -0.337. The van der Waals surface area contributed by atoms with Crippen molar-refractivity contribution in [1.29, 1.82) is 0 Å². The summed E-state index contributed by atoms with van der Waals surface area (Å²) in [6.07, 6.45) is -0.173. The lowest BCUT2D eigenvalue weighted by atomic mass is 10.2. The van der Waals surface area contributed by atoms with Gasteiger partial charge in [0.1, 0.15) is 11.2 Å². The van der Waals surface area contributed by atoms with E-state index in [9.17, 15) is 9.90 Å². The van der Waals surface area contributed by atoms with Crippen molar-refractivity contribution in [3.05, 3.63) is 46.7 Å². The molecule has 0 amide bonds. The van der Waals surface area contributed by atoms with Crippen LogP contribution < -0.4 is 0 Å². The summed E-state index contributed by atoms with van der Waals surface area (Å²) in [5.41, 5.74) is 2.53. The van der Waals surface area contributed by atoms with Crippen LogP contribution in [0.25, 0.3) is 5.69 Å². The first-order chi connectivity index (χ1) is 11.5. The van der Waals surface area contributed by atoms with Gasteiger partial charge in [-0.25, -0.2) is 4.68 Å². The zero-order valence-corrected chi connectivity index (χ0v) is 14.4. The third-order valence-corrected chi connectivity index (χ3v) is 4.73. The number of β-amino-alcohol motifs (C(OH)–C–C–N with tert-alkyl or cyclic N) is 1. The molecule has 0 saturated carbocycles. The first-order valence-corrected chi connectivity index (χ1v) is 8.18. The Labute approximate surface area is 145 Å². The summed E-state index contributed by atoms with van der Waals surface area (Å²) in [6, 6.07) is 9.18. The topological polar surface area (TPSA) is 67.6 Å². The van der Waals surface area contributed by atoms with E-state index in [1.54, 1.807) is 4.68 Å². The van der Waals surface area contributed by atoms with Crippen LogP contribution >= 0.6 is 11.6 Å². The number of aromatic nitrogens is 2. The number of rotatable bonds is 4. The van der Waals surface area contributed by atoms with E-state index in [-0.39, 0.29) is 5.97 Å². The molecule has 1 fully saturated rings. The minimum absolute atomic E-state index is 0.337. The third-order valence-electron chi connectivity index (χ3n) is 4.34. The maximum atomic E-state index is 11.9. The first-order valence-electron chi connectivity index (χ1n) is 7.80. The van der Waals surface area contributed by atoms with Crippen molar-refractivity contribution >= 4 is 17.6 Å². The summed E-state index contributed by atoms with van der Waals surface area (Å²) in [6.45, 7) is 2.74. The van der Waals surface area contributed by atoms with Crippen LogP contribution in [0.5, 0.6) is 0 Å². The molecule has 1 N–H and O–H groups in total. The fourth-order valence-corrected chi connectivity index (χ4v) is 3.42. The van der Waals surface area contributed by atoms with E-state index in [1.165, 1.54) is 7.11 Å². The number of halogens is 1. The van der Waals surface area contributed by atoms with Crippen LogP contribution in [-0.4, -0.2) is 51.6 Å². The average Bonchev–Trinajstić information content (AvgIpc) is 3.09. The van der Waals surface area contributed by atoms with Crippen molar-refractivity contribution < 1.29 is 14.6 Å². The van der Waals surface area contributed by atoms with Crippen molar-refractivity contribution in [3.8, 4) is 5.69 Å². The summed E-state index contributed by atoms with van der Waals surface area (Å²) in [7, 11) is 1.36. The van der Waals surface area contributed by atoms with Gasteiger partial charge in [-0.3, -0.25) is 9.69 Å². The molecule has 2 aromatic rings. The number of ether oxygens (including phenoxy) is 1. The molecule has 1 aromatic heterocycles. The van der Waals surface area contributed by atoms with Crippen LogP contribution in [0.15, 0.2) is 30.3 Å². The molecule has 0 aliphatic carbocycles. The Morgan fingerprint density at radius 1 is 1.42 bits per heavy atom. The second-order valence-electron chi connectivity index (χ2n) is 5.96. The van der Waals surface area contributed by atoms with Gasteiger partial charge in [0.15, 0.2) is 0 Å². The maximum Gasteiger partial charge on any atom is 0.323 e. The lowest BCUT2D eigenvalue weighted by molar-refractivity contribution is -0.146. The van der Waals surface area contributed by atoms with Gasteiger partial charge in [-0.2, -0.15) is 5.10 Å². The van der Waals surface area contributed by atoms with Gasteiger partial charge >= 0.3 is 5.97 Å². The number of hydrogen-bond acceptors (Lipinski definition) is 5. The fourth-order valence-electron chi connectivity index (χ4n) is 3.09. The smallest absolute Gasteiger partial charge is 0.323 e. The number of benzene rings is 1. The highest BCUT2D eigenvalue weighted by Crippen LogP contribution is 2.28. The Balaban J connectivity index is 1.88. The van der Waals surface area contributed by atoms with E-state index in [0.717, 1.165) is 16.9 Å². The molecule has 6 nitrogen and oxygen atoms in total. The molecule has 0 radical (unpaired) electrons. The molecule has 2 atom stereocenters. The van der Waals surface area contributed by atoms with Gasteiger partial charge in [-0.15, -0.1) is 0 Å². The number of methoxy groups -OCH3 is 1. The zero-order chi connectivity index (χ0) is 17.3. The number of carbonyl (C=O) groups excluding carboxylic acids is 1. The molecule has 7 heteroatoms. The molecule has 1 aromatic carbocycles. The molecule has 2 heterocycles. The predicted octanol–water partition coefficient (Wildman–Crippen LogP) is 1.94. The Bertz CT molecular complexity index is 732. The number of aliphatic hydroxyl groups excluding tert-OH is 1. The van der Waals surface area contributed by atoms with Gasteiger partial charge in [-0.05, 0) is 19.1 Å². The van der Waals surface area contributed by atoms with E-state index < -0.39 is 12.1 Å². The zero-order valence-electron chi connectivity index (χ0n) is 13.6. The Hall–Kier alpha value is -1.89. The SMILES string of the molecule is COC(=O)[C@H]1C[C@H](O)CN1Cc1c(C)nn(-c2ccccc2)c1Cl. The van der Waals surface area contributed by atoms with Crippen molar-refractivity contribution in [2.45, 2.75) is 32.0 Å². The number of likely N-dealkylation sites (tertiary alicyclic amines) is 1. The van der Waals surface area contributed by atoms with Crippen LogP contribution in [0.3, 0.4) is 0 Å². The third kappa shape index (κ3) is 3.17. The van der Waals surface area contributed by atoms with E-state index >= 15 is 0 Å². The van der Waals surface area contributed by atoms with Gasteiger partial charge in [-0.1, -0.05) is 29.8 Å². The highest BCUT2D eigenvalue weighted by Gasteiger charge is 2.37. The molecule has 0 bridgehead atoms. The predicted molar refractivity (Wildman–Crippen MR) is 90.1 cm³/mol. The summed E-state index contributed by atoms with van der Waals surface area (Å²) >= 11 is 6.54. The van der Waals surface area contributed by atoms with Crippen LogP contribution in [-0.2, 0) is 16.1 Å². The number of aliphatic hydroxyl groups is 1. The number of aryl methyl sites for hydroxylation is 1. The van der Waals surface area contributed by atoms with Gasteiger partial charge in [0.2, 0.25) is 0 Å². The highest BCUT2D eigenvalue weighted by molar-refractivity contribution is 6.30. The molecule has 0 spiro atoms. The normalized spacial score (nSPS) is 21.2. The molecule has 24 heavy (non-hydrogen) atoms. The second-order valence-corrected chi connectivity index (χ2v) is 6.32. The monoisotopic (exact) mass is 349 g/mol. The van der Waals surface area contributed by atoms with Crippen molar-refractivity contribution in [1.82, 2.24) is 14.7 Å². The average molecular weight is 350 g/mol. The lowest BCUT2D eigenvalue weighted by Crippen LogP contribution is -2.36. The lowest BCUT2D eigenvalue weighted by Gasteiger charge is -2.21. The summed E-state index contributed by atoms with van der Waals surface area (Å²) < 4.78 is 6.53. The van der Waals surface area contributed by atoms with E-state index in [1.807, 2.05) is 42.2 Å². The van der Waals surface area contributed by atoms with Gasteiger partial charge in [0, 0.05) is 25.1 Å². The molecule has 1 aliphatic rings. The quantitative estimate of drug-likeness (QED) is 0.854. The van der Waals surface area contributed by atoms with E-state index in [0.29, 0.717) is 24.7 Å². The molecule has 128 valence electrons. The minimum Gasteiger partial charge on any atom is -0.468 e. The minimum atomic E-state index is -0.544. The largest absolute Gasteiger partial charge is 0.468 e. The van der Waals surface area contributed by atoms with Crippen LogP contribution in [0.4, 0.5) is 0 Å². The van der Waals surface area contributed by atoms with Crippen LogP contribution in [0, 0.1) is 6.92 Å². The van der Waals surface area contributed by atoms with E-state index in [4.69, 9.17) is 16.3 Å². The number of nitrogens with zero attached hydrogens (tertiary/aromatic N) is 3. The van der Waals surface area contributed by atoms with Crippen molar-refractivity contribution in [2.24, 2.45) is 0 Å². The van der Waals surface area contributed by atoms with Crippen molar-refractivity contribution in [3.63, 3.8) is 0 Å². The van der Waals surface area contributed by atoms with Crippen LogP contribution in [0.1, 0.15) is 17.7 Å². The van der Waals surface area contributed by atoms with Gasteiger partial charge in [0.05, 0.1) is 24.6 Å². The number of carbonyl (C=O) groups is 1. The number of hydrogen-bond donors (Lipinski definition) is 1. The number of para-hydroxylation sites is 1. The Kier molecular flexibility index (Phi) is 4.89. The highest BCUT2D eigenvalue weighted by atomic mass is 35.5. The Morgan fingerprint density at radius 3 is 2.79 bits per heavy atom.